The molecule has 12 heavy (non-hydrogen) atoms. The van der Waals surface area contributed by atoms with Gasteiger partial charge in [0, 0.05) is 19.8 Å². The molecule has 0 bridgehead atoms. The lowest BCUT2D eigenvalue weighted by Crippen LogP contribution is -2.52. The van der Waals surface area contributed by atoms with E-state index in [0.29, 0.717) is 11.5 Å². The highest BCUT2D eigenvalue weighted by Crippen LogP contribution is 2.38. The summed E-state index contributed by atoms with van der Waals surface area (Å²) in [6.45, 7) is 5.62. The van der Waals surface area contributed by atoms with Crippen LogP contribution < -0.4 is 5.32 Å². The number of rotatable bonds is 1. The molecule has 1 saturated heterocycles. The molecule has 0 amide bonds. The largest absolute Gasteiger partial charge is 0.307 e. The van der Waals surface area contributed by atoms with Gasteiger partial charge in [0.05, 0.1) is 11.7 Å². The van der Waals surface area contributed by atoms with Crippen LogP contribution in [0.4, 0.5) is 0 Å². The van der Waals surface area contributed by atoms with Crippen LogP contribution in [0.1, 0.15) is 25.6 Å². The van der Waals surface area contributed by atoms with Crippen LogP contribution in [0.2, 0.25) is 0 Å². The fourth-order valence-electron chi connectivity index (χ4n) is 1.70. The van der Waals surface area contributed by atoms with E-state index in [4.69, 9.17) is 0 Å². The molecule has 1 unspecified atom stereocenters. The van der Waals surface area contributed by atoms with Crippen LogP contribution in [0, 0.1) is 5.41 Å². The smallest absolute Gasteiger partial charge is 0.0799 e. The van der Waals surface area contributed by atoms with Crippen LogP contribution in [0.15, 0.2) is 12.3 Å². The SMILES string of the molecule is Cn1ccc(C2NCC2(C)C)n1. The van der Waals surface area contributed by atoms with Crippen molar-refractivity contribution in [2.75, 3.05) is 6.54 Å². The van der Waals surface area contributed by atoms with E-state index >= 15 is 0 Å². The zero-order chi connectivity index (χ0) is 8.77. The minimum atomic E-state index is 0.369. The Labute approximate surface area is 72.8 Å². The van der Waals surface area contributed by atoms with Gasteiger partial charge in [0.15, 0.2) is 0 Å². The fourth-order valence-corrected chi connectivity index (χ4v) is 1.70. The molecule has 3 heteroatoms. The third-order valence-corrected chi connectivity index (χ3v) is 2.57. The van der Waals surface area contributed by atoms with E-state index in [9.17, 15) is 0 Å². The van der Waals surface area contributed by atoms with Crippen molar-refractivity contribution in [1.82, 2.24) is 15.1 Å². The molecule has 1 aromatic rings. The van der Waals surface area contributed by atoms with Crippen molar-refractivity contribution in [3.05, 3.63) is 18.0 Å². The van der Waals surface area contributed by atoms with Gasteiger partial charge < -0.3 is 5.32 Å². The summed E-state index contributed by atoms with van der Waals surface area (Å²) < 4.78 is 1.85. The summed E-state index contributed by atoms with van der Waals surface area (Å²) in [5.74, 6) is 0. The Balaban J connectivity index is 2.21. The maximum atomic E-state index is 4.38. The van der Waals surface area contributed by atoms with Crippen molar-refractivity contribution in [3.8, 4) is 0 Å². The number of aryl methyl sites for hydroxylation is 1. The summed E-state index contributed by atoms with van der Waals surface area (Å²) in [6, 6.07) is 2.53. The van der Waals surface area contributed by atoms with Gasteiger partial charge in [-0.15, -0.1) is 0 Å². The Morgan fingerprint density at radius 3 is 2.75 bits per heavy atom. The molecule has 1 fully saturated rings. The third kappa shape index (κ3) is 1.05. The van der Waals surface area contributed by atoms with Gasteiger partial charge in [-0.05, 0) is 11.5 Å². The predicted octanol–water partition coefficient (Wildman–Crippen LogP) is 1.09. The maximum Gasteiger partial charge on any atom is 0.0799 e. The third-order valence-electron chi connectivity index (χ3n) is 2.57. The van der Waals surface area contributed by atoms with E-state index in [1.54, 1.807) is 0 Å². The molecule has 0 spiro atoms. The standard InChI is InChI=1S/C9H15N3/c1-9(2)6-10-8(9)7-4-5-12(3)11-7/h4-5,8,10H,6H2,1-3H3. The van der Waals surface area contributed by atoms with Crippen molar-refractivity contribution in [1.29, 1.82) is 0 Å². The molecule has 3 nitrogen and oxygen atoms in total. The van der Waals surface area contributed by atoms with Gasteiger partial charge in [0.2, 0.25) is 0 Å². The second kappa shape index (κ2) is 2.33. The highest BCUT2D eigenvalue weighted by atomic mass is 15.3. The van der Waals surface area contributed by atoms with Crippen LogP contribution in [-0.2, 0) is 7.05 Å². The van der Waals surface area contributed by atoms with Crippen LogP contribution in [-0.4, -0.2) is 16.3 Å². The molecule has 2 rings (SSSR count). The first-order chi connectivity index (χ1) is 5.59. The number of hydrogen-bond acceptors (Lipinski definition) is 2. The van der Waals surface area contributed by atoms with Crippen molar-refractivity contribution >= 4 is 0 Å². The number of nitrogens with zero attached hydrogens (tertiary/aromatic N) is 2. The normalized spacial score (nSPS) is 26.8. The van der Waals surface area contributed by atoms with Crippen LogP contribution in [0.25, 0.3) is 0 Å². The lowest BCUT2D eigenvalue weighted by Gasteiger charge is -2.44. The Bertz CT molecular complexity index is 288. The minimum absolute atomic E-state index is 0.369. The Morgan fingerprint density at radius 1 is 1.67 bits per heavy atom. The van der Waals surface area contributed by atoms with Crippen LogP contribution in [0.5, 0.6) is 0 Å². The van der Waals surface area contributed by atoms with Gasteiger partial charge in [-0.2, -0.15) is 5.10 Å². The molecule has 1 aliphatic rings. The van der Waals surface area contributed by atoms with Crippen LogP contribution >= 0.6 is 0 Å². The van der Waals surface area contributed by atoms with Crippen molar-refractivity contribution in [2.24, 2.45) is 12.5 Å². The van der Waals surface area contributed by atoms with Gasteiger partial charge in [-0.25, -0.2) is 0 Å². The average molecular weight is 165 g/mol. The fraction of sp³-hybridized carbons (Fsp3) is 0.667. The summed E-state index contributed by atoms with van der Waals surface area (Å²) >= 11 is 0. The summed E-state index contributed by atoms with van der Waals surface area (Å²) in [4.78, 5) is 0. The molecule has 0 aliphatic carbocycles. The zero-order valence-corrected chi connectivity index (χ0v) is 7.83. The zero-order valence-electron chi connectivity index (χ0n) is 7.83. The lowest BCUT2D eigenvalue weighted by atomic mass is 9.76. The summed E-state index contributed by atoms with van der Waals surface area (Å²) in [7, 11) is 1.95. The molecule has 1 atom stereocenters. The monoisotopic (exact) mass is 165 g/mol. The molecular formula is C9H15N3. The van der Waals surface area contributed by atoms with Crippen molar-refractivity contribution < 1.29 is 0 Å². The van der Waals surface area contributed by atoms with Crippen molar-refractivity contribution in [2.45, 2.75) is 19.9 Å². The molecular weight excluding hydrogens is 150 g/mol. The minimum Gasteiger partial charge on any atom is -0.307 e. The van der Waals surface area contributed by atoms with Gasteiger partial charge in [-0.1, -0.05) is 13.8 Å². The average Bonchev–Trinajstić information content (AvgIpc) is 2.34. The van der Waals surface area contributed by atoms with Crippen molar-refractivity contribution in [3.63, 3.8) is 0 Å². The first kappa shape index (κ1) is 7.80. The predicted molar refractivity (Wildman–Crippen MR) is 47.7 cm³/mol. The molecule has 1 aromatic heterocycles. The highest BCUT2D eigenvalue weighted by molar-refractivity contribution is 5.14. The first-order valence-corrected chi connectivity index (χ1v) is 4.32. The van der Waals surface area contributed by atoms with E-state index in [1.807, 2.05) is 17.9 Å². The first-order valence-electron chi connectivity index (χ1n) is 4.32. The Morgan fingerprint density at radius 2 is 2.42 bits per heavy atom. The molecule has 1 N–H and O–H groups in total. The summed E-state index contributed by atoms with van der Waals surface area (Å²) in [5.41, 5.74) is 1.53. The van der Waals surface area contributed by atoms with Crippen LogP contribution in [0.3, 0.4) is 0 Å². The number of nitrogens with one attached hydrogen (secondary N) is 1. The number of aromatic nitrogens is 2. The lowest BCUT2D eigenvalue weighted by molar-refractivity contribution is 0.124. The van der Waals surface area contributed by atoms with Gasteiger partial charge in [-0.3, -0.25) is 4.68 Å². The van der Waals surface area contributed by atoms with E-state index < -0.39 is 0 Å². The molecule has 66 valence electrons. The summed E-state index contributed by atoms with van der Waals surface area (Å²) in [5, 5.41) is 7.77. The van der Waals surface area contributed by atoms with Gasteiger partial charge >= 0.3 is 0 Å². The van der Waals surface area contributed by atoms with E-state index in [2.05, 4.69) is 30.3 Å². The Kier molecular flexibility index (Phi) is 1.51. The topological polar surface area (TPSA) is 29.9 Å². The maximum absolute atomic E-state index is 4.38. The van der Waals surface area contributed by atoms with Gasteiger partial charge in [0.25, 0.3) is 0 Å². The molecule has 2 heterocycles. The quantitative estimate of drug-likeness (QED) is 0.675. The van der Waals surface area contributed by atoms with E-state index in [0.717, 1.165) is 12.2 Å². The molecule has 0 saturated carbocycles. The van der Waals surface area contributed by atoms with E-state index in [1.165, 1.54) is 0 Å². The second-order valence-electron chi connectivity index (χ2n) is 4.22. The molecule has 0 radical (unpaired) electrons. The number of hydrogen-bond donors (Lipinski definition) is 1. The summed E-state index contributed by atoms with van der Waals surface area (Å²) in [6.07, 6.45) is 1.99. The van der Waals surface area contributed by atoms with Gasteiger partial charge in [0.1, 0.15) is 0 Å². The molecule has 0 aromatic carbocycles. The highest BCUT2D eigenvalue weighted by Gasteiger charge is 2.40. The Hall–Kier alpha value is -0.830. The van der Waals surface area contributed by atoms with E-state index in [-0.39, 0.29) is 0 Å². The molecule has 1 aliphatic heterocycles. The second-order valence-corrected chi connectivity index (χ2v) is 4.22.